The highest BCUT2D eigenvalue weighted by Gasteiger charge is 2.10. The molecule has 0 amide bonds. The van der Waals surface area contributed by atoms with Gasteiger partial charge in [-0.25, -0.2) is 0 Å². The number of ether oxygens (including phenoxy) is 1. The number of hydrogen-bond donors (Lipinski definition) is 2. The highest BCUT2D eigenvalue weighted by atomic mass is 16.5. The van der Waals surface area contributed by atoms with Crippen LogP contribution in [0.1, 0.15) is 30.6 Å². The van der Waals surface area contributed by atoms with Gasteiger partial charge in [0.05, 0.1) is 6.10 Å². The van der Waals surface area contributed by atoms with Crippen molar-refractivity contribution in [1.82, 2.24) is 0 Å². The molecule has 3 heteroatoms. The second-order valence-electron chi connectivity index (χ2n) is 4.42. The summed E-state index contributed by atoms with van der Waals surface area (Å²) >= 11 is 0. The molecule has 0 radical (unpaired) electrons. The summed E-state index contributed by atoms with van der Waals surface area (Å²) in [7, 11) is 0. The van der Waals surface area contributed by atoms with E-state index in [4.69, 9.17) is 4.74 Å². The Hall–Kier alpha value is -2.00. The van der Waals surface area contributed by atoms with Crippen LogP contribution < -0.4 is 4.74 Å². The third-order valence-corrected chi connectivity index (χ3v) is 3.00. The van der Waals surface area contributed by atoms with Gasteiger partial charge in [0, 0.05) is 5.56 Å². The third kappa shape index (κ3) is 3.48. The molecule has 0 aliphatic carbocycles. The van der Waals surface area contributed by atoms with Gasteiger partial charge in [-0.15, -0.1) is 0 Å². The van der Waals surface area contributed by atoms with Gasteiger partial charge in [0.2, 0.25) is 0 Å². The van der Waals surface area contributed by atoms with Crippen LogP contribution in [-0.4, -0.2) is 10.2 Å². The lowest BCUT2D eigenvalue weighted by Gasteiger charge is -2.15. The number of rotatable bonds is 5. The topological polar surface area (TPSA) is 49.7 Å². The molecule has 0 heterocycles. The Kier molecular flexibility index (Phi) is 4.42. The summed E-state index contributed by atoms with van der Waals surface area (Å²) in [4.78, 5) is 0. The Morgan fingerprint density at radius 3 is 2.42 bits per heavy atom. The van der Waals surface area contributed by atoms with Gasteiger partial charge in [0.15, 0.2) is 0 Å². The van der Waals surface area contributed by atoms with Crippen molar-refractivity contribution in [3.63, 3.8) is 0 Å². The molecular formula is C16H18O3. The van der Waals surface area contributed by atoms with Crippen LogP contribution in [-0.2, 0) is 6.61 Å². The second kappa shape index (κ2) is 6.25. The van der Waals surface area contributed by atoms with E-state index in [2.05, 4.69) is 0 Å². The Morgan fingerprint density at radius 2 is 1.74 bits per heavy atom. The summed E-state index contributed by atoms with van der Waals surface area (Å²) < 4.78 is 5.74. The molecule has 2 N–H and O–H groups in total. The van der Waals surface area contributed by atoms with E-state index in [1.807, 2.05) is 43.3 Å². The van der Waals surface area contributed by atoms with Crippen LogP contribution >= 0.6 is 0 Å². The summed E-state index contributed by atoms with van der Waals surface area (Å²) in [5, 5.41) is 19.1. The highest BCUT2D eigenvalue weighted by molar-refractivity contribution is 5.35. The van der Waals surface area contributed by atoms with E-state index in [-0.39, 0.29) is 5.75 Å². The first-order chi connectivity index (χ1) is 9.20. The lowest BCUT2D eigenvalue weighted by atomic mass is 10.1. The van der Waals surface area contributed by atoms with Crippen molar-refractivity contribution >= 4 is 0 Å². The molecule has 0 aliphatic heterocycles. The van der Waals surface area contributed by atoms with Gasteiger partial charge in [-0.1, -0.05) is 37.3 Å². The highest BCUT2D eigenvalue weighted by Crippen LogP contribution is 2.27. The van der Waals surface area contributed by atoms with Gasteiger partial charge >= 0.3 is 0 Å². The molecule has 2 rings (SSSR count). The first-order valence-electron chi connectivity index (χ1n) is 6.38. The smallest absolute Gasteiger partial charge is 0.125 e. The first kappa shape index (κ1) is 13.4. The summed E-state index contributed by atoms with van der Waals surface area (Å²) in [6, 6.07) is 14.4. The number of hydrogen-bond acceptors (Lipinski definition) is 3. The first-order valence-corrected chi connectivity index (χ1v) is 6.38. The van der Waals surface area contributed by atoms with Gasteiger partial charge in [0.1, 0.15) is 18.1 Å². The van der Waals surface area contributed by atoms with Crippen LogP contribution in [0.2, 0.25) is 0 Å². The van der Waals surface area contributed by atoms with Gasteiger partial charge in [-0.05, 0) is 30.2 Å². The zero-order chi connectivity index (χ0) is 13.7. The lowest BCUT2D eigenvalue weighted by molar-refractivity contribution is 0.166. The molecule has 0 saturated heterocycles. The number of phenols is 1. The van der Waals surface area contributed by atoms with E-state index in [1.54, 1.807) is 12.1 Å². The second-order valence-corrected chi connectivity index (χ2v) is 4.42. The number of aliphatic hydroxyl groups excluding tert-OH is 1. The summed E-state index contributed by atoms with van der Waals surface area (Å²) in [5.41, 5.74) is 1.78. The fraction of sp³-hybridized carbons (Fsp3) is 0.250. The molecule has 3 nitrogen and oxygen atoms in total. The summed E-state index contributed by atoms with van der Waals surface area (Å²) in [6.45, 7) is 2.34. The maximum atomic E-state index is 9.93. The van der Waals surface area contributed by atoms with Gasteiger partial charge in [-0.2, -0.15) is 0 Å². The lowest BCUT2D eigenvalue weighted by Crippen LogP contribution is -2.02. The van der Waals surface area contributed by atoms with Crippen LogP contribution in [0.15, 0.2) is 48.5 Å². The van der Waals surface area contributed by atoms with Crippen LogP contribution in [0.25, 0.3) is 0 Å². The number of benzene rings is 2. The Balaban J connectivity index is 2.09. The number of aliphatic hydroxyl groups is 1. The molecular weight excluding hydrogens is 240 g/mol. The average molecular weight is 258 g/mol. The summed E-state index contributed by atoms with van der Waals surface area (Å²) in [6.07, 6.45) is 0.149. The van der Waals surface area contributed by atoms with E-state index in [1.165, 1.54) is 0 Å². The maximum absolute atomic E-state index is 9.93. The van der Waals surface area contributed by atoms with Crippen LogP contribution in [0.3, 0.4) is 0 Å². The zero-order valence-electron chi connectivity index (χ0n) is 10.9. The van der Waals surface area contributed by atoms with Gasteiger partial charge < -0.3 is 14.9 Å². The monoisotopic (exact) mass is 258 g/mol. The predicted octanol–water partition coefficient (Wildman–Crippen LogP) is 3.41. The third-order valence-electron chi connectivity index (χ3n) is 3.00. The molecule has 0 fully saturated rings. The van der Waals surface area contributed by atoms with Gasteiger partial charge in [0.25, 0.3) is 0 Å². The van der Waals surface area contributed by atoms with E-state index in [0.717, 1.165) is 11.1 Å². The van der Waals surface area contributed by atoms with E-state index < -0.39 is 6.10 Å². The molecule has 2 aromatic rings. The zero-order valence-corrected chi connectivity index (χ0v) is 10.9. The number of para-hydroxylation sites is 1. The molecule has 0 saturated carbocycles. The summed E-state index contributed by atoms with van der Waals surface area (Å²) in [5.74, 6) is 0.940. The van der Waals surface area contributed by atoms with Gasteiger partial charge in [-0.3, -0.25) is 0 Å². The van der Waals surface area contributed by atoms with Crippen molar-refractivity contribution < 1.29 is 14.9 Å². The Labute approximate surface area is 113 Å². The average Bonchev–Trinajstić information content (AvgIpc) is 2.46. The predicted molar refractivity (Wildman–Crippen MR) is 74.1 cm³/mol. The molecule has 1 atom stereocenters. The number of aromatic hydroxyl groups is 1. The fourth-order valence-corrected chi connectivity index (χ4v) is 1.86. The minimum Gasteiger partial charge on any atom is -0.508 e. The number of phenolic OH excluding ortho intramolecular Hbond substituents is 1. The van der Waals surface area contributed by atoms with E-state index in [0.29, 0.717) is 18.8 Å². The van der Waals surface area contributed by atoms with E-state index >= 15 is 0 Å². The van der Waals surface area contributed by atoms with Crippen molar-refractivity contribution in [1.29, 1.82) is 0 Å². The standard InChI is InChI=1S/C16H18O3/c1-2-15(18)14-5-3-4-6-16(14)19-11-12-7-9-13(17)10-8-12/h3-10,15,17-18H,2,11H2,1H3. The van der Waals surface area contributed by atoms with E-state index in [9.17, 15) is 10.2 Å². The molecule has 1 unspecified atom stereocenters. The largest absolute Gasteiger partial charge is 0.508 e. The van der Waals surface area contributed by atoms with Crippen molar-refractivity contribution in [3.8, 4) is 11.5 Å². The van der Waals surface area contributed by atoms with Crippen molar-refractivity contribution in [2.75, 3.05) is 0 Å². The minimum atomic E-state index is -0.504. The van der Waals surface area contributed by atoms with Crippen LogP contribution in [0, 0.1) is 0 Å². The van der Waals surface area contributed by atoms with Crippen molar-refractivity contribution in [2.24, 2.45) is 0 Å². The minimum absolute atomic E-state index is 0.241. The molecule has 19 heavy (non-hydrogen) atoms. The van der Waals surface area contributed by atoms with Crippen molar-refractivity contribution in [3.05, 3.63) is 59.7 Å². The molecule has 0 aromatic heterocycles. The maximum Gasteiger partial charge on any atom is 0.125 e. The van der Waals surface area contributed by atoms with Crippen LogP contribution in [0.5, 0.6) is 11.5 Å². The Bertz CT molecular complexity index is 520. The SMILES string of the molecule is CCC(O)c1ccccc1OCc1ccc(O)cc1. The van der Waals surface area contributed by atoms with Crippen molar-refractivity contribution in [2.45, 2.75) is 26.1 Å². The molecule has 2 aromatic carbocycles. The molecule has 0 bridgehead atoms. The molecule has 0 aliphatic rings. The normalized spacial score (nSPS) is 12.1. The fourth-order valence-electron chi connectivity index (χ4n) is 1.86. The molecule has 100 valence electrons. The Morgan fingerprint density at radius 1 is 1.05 bits per heavy atom. The molecule has 0 spiro atoms. The van der Waals surface area contributed by atoms with Crippen LogP contribution in [0.4, 0.5) is 0 Å². The quantitative estimate of drug-likeness (QED) is 0.864.